The predicted octanol–water partition coefficient (Wildman–Crippen LogP) is 3.54. The molecular weight excluding hydrogens is 262 g/mol. The quantitative estimate of drug-likeness (QED) is 0.670. The van der Waals surface area contributed by atoms with Crippen LogP contribution in [0.25, 0.3) is 0 Å². The van der Waals surface area contributed by atoms with Gasteiger partial charge in [-0.1, -0.05) is 50.6 Å². The second kappa shape index (κ2) is 9.34. The van der Waals surface area contributed by atoms with Gasteiger partial charge in [0.15, 0.2) is 0 Å². The maximum atomic E-state index is 6.24. The SMILES string of the molecule is CCCCCCCC(N)c1c(Cl)cnn1CCOC. The summed E-state index contributed by atoms with van der Waals surface area (Å²) in [6.45, 7) is 3.54. The van der Waals surface area contributed by atoms with Crippen molar-refractivity contribution in [1.29, 1.82) is 0 Å². The van der Waals surface area contributed by atoms with Gasteiger partial charge in [0, 0.05) is 13.2 Å². The lowest BCUT2D eigenvalue weighted by atomic mass is 10.0. The molecule has 0 radical (unpaired) electrons. The van der Waals surface area contributed by atoms with Crippen LogP contribution in [0.5, 0.6) is 0 Å². The van der Waals surface area contributed by atoms with Crippen LogP contribution in [-0.2, 0) is 11.3 Å². The van der Waals surface area contributed by atoms with E-state index in [-0.39, 0.29) is 6.04 Å². The van der Waals surface area contributed by atoms with Crippen molar-refractivity contribution in [2.24, 2.45) is 5.73 Å². The minimum Gasteiger partial charge on any atom is -0.383 e. The fourth-order valence-electron chi connectivity index (χ4n) is 2.20. The van der Waals surface area contributed by atoms with Gasteiger partial charge in [-0.05, 0) is 6.42 Å². The van der Waals surface area contributed by atoms with Crippen LogP contribution >= 0.6 is 11.6 Å². The zero-order valence-corrected chi connectivity index (χ0v) is 12.8. The summed E-state index contributed by atoms with van der Waals surface area (Å²) in [7, 11) is 1.68. The minimum absolute atomic E-state index is 0.0338. The molecule has 5 heteroatoms. The van der Waals surface area contributed by atoms with Crippen molar-refractivity contribution in [3.63, 3.8) is 0 Å². The standard InChI is InChI=1S/C14H26ClN3O/c1-3-4-5-6-7-8-13(16)14-12(15)11-17-18(14)9-10-19-2/h11,13H,3-10,16H2,1-2H3. The Labute approximate surface area is 121 Å². The topological polar surface area (TPSA) is 53.1 Å². The number of hydrogen-bond donors (Lipinski definition) is 1. The van der Waals surface area contributed by atoms with Crippen LogP contribution in [0.4, 0.5) is 0 Å². The third-order valence-corrected chi connectivity index (χ3v) is 3.60. The summed E-state index contributed by atoms with van der Waals surface area (Å²) in [5.41, 5.74) is 7.18. The second-order valence-electron chi connectivity index (χ2n) is 4.90. The normalized spacial score (nSPS) is 12.8. The molecule has 1 aromatic heterocycles. The number of rotatable bonds is 10. The molecule has 2 N–H and O–H groups in total. The third-order valence-electron chi connectivity index (χ3n) is 3.31. The number of halogens is 1. The number of ether oxygens (including phenoxy) is 1. The molecule has 19 heavy (non-hydrogen) atoms. The third kappa shape index (κ3) is 5.51. The van der Waals surface area contributed by atoms with Gasteiger partial charge >= 0.3 is 0 Å². The fourth-order valence-corrected chi connectivity index (χ4v) is 2.48. The van der Waals surface area contributed by atoms with Crippen LogP contribution in [0, 0.1) is 0 Å². The Bertz CT molecular complexity index is 354. The Morgan fingerprint density at radius 1 is 1.37 bits per heavy atom. The van der Waals surface area contributed by atoms with Crippen molar-refractivity contribution >= 4 is 11.6 Å². The van der Waals surface area contributed by atoms with Crippen LogP contribution in [-0.4, -0.2) is 23.5 Å². The number of nitrogens with zero attached hydrogens (tertiary/aromatic N) is 2. The molecule has 0 fully saturated rings. The monoisotopic (exact) mass is 287 g/mol. The molecule has 0 saturated heterocycles. The number of methoxy groups -OCH3 is 1. The van der Waals surface area contributed by atoms with Crippen LogP contribution in [0.1, 0.15) is 57.2 Å². The lowest BCUT2D eigenvalue weighted by molar-refractivity contribution is 0.182. The van der Waals surface area contributed by atoms with Gasteiger partial charge in [0.1, 0.15) is 0 Å². The second-order valence-corrected chi connectivity index (χ2v) is 5.31. The van der Waals surface area contributed by atoms with E-state index in [0.29, 0.717) is 18.2 Å². The molecular formula is C14H26ClN3O. The summed E-state index contributed by atoms with van der Waals surface area (Å²) < 4.78 is 6.93. The van der Waals surface area contributed by atoms with E-state index in [1.165, 1.54) is 25.7 Å². The number of nitrogens with two attached hydrogens (primary N) is 1. The van der Waals surface area contributed by atoms with Gasteiger partial charge in [-0.25, -0.2) is 0 Å². The Morgan fingerprint density at radius 2 is 2.11 bits per heavy atom. The molecule has 1 rings (SSSR count). The smallest absolute Gasteiger partial charge is 0.0834 e. The molecule has 110 valence electrons. The van der Waals surface area contributed by atoms with Crippen molar-refractivity contribution in [1.82, 2.24) is 9.78 Å². The highest BCUT2D eigenvalue weighted by molar-refractivity contribution is 6.31. The number of hydrogen-bond acceptors (Lipinski definition) is 3. The van der Waals surface area contributed by atoms with Crippen LogP contribution < -0.4 is 5.73 Å². The van der Waals surface area contributed by atoms with E-state index in [1.54, 1.807) is 13.3 Å². The molecule has 0 bridgehead atoms. The van der Waals surface area contributed by atoms with Gasteiger partial charge in [0.25, 0.3) is 0 Å². The summed E-state index contributed by atoms with van der Waals surface area (Å²) in [4.78, 5) is 0. The average Bonchev–Trinajstić information content (AvgIpc) is 2.77. The highest BCUT2D eigenvalue weighted by Gasteiger charge is 2.16. The van der Waals surface area contributed by atoms with E-state index in [4.69, 9.17) is 22.1 Å². The first-order chi connectivity index (χ1) is 9.20. The van der Waals surface area contributed by atoms with Gasteiger partial charge in [-0.15, -0.1) is 0 Å². The fraction of sp³-hybridized carbons (Fsp3) is 0.786. The molecule has 0 aliphatic rings. The van der Waals surface area contributed by atoms with E-state index in [2.05, 4.69) is 12.0 Å². The molecule has 4 nitrogen and oxygen atoms in total. The number of aromatic nitrogens is 2. The molecule has 0 aromatic carbocycles. The molecule has 0 amide bonds. The van der Waals surface area contributed by atoms with Crippen molar-refractivity contribution in [2.75, 3.05) is 13.7 Å². The van der Waals surface area contributed by atoms with Crippen LogP contribution in [0.3, 0.4) is 0 Å². The number of unbranched alkanes of at least 4 members (excludes halogenated alkanes) is 4. The van der Waals surface area contributed by atoms with Gasteiger partial charge in [-0.2, -0.15) is 5.10 Å². The average molecular weight is 288 g/mol. The summed E-state index contributed by atoms with van der Waals surface area (Å²) in [6.07, 6.45) is 8.88. The van der Waals surface area contributed by atoms with Crippen molar-refractivity contribution < 1.29 is 4.74 Å². The zero-order chi connectivity index (χ0) is 14.1. The molecule has 1 aromatic rings. The molecule has 0 spiro atoms. The van der Waals surface area contributed by atoms with E-state index in [0.717, 1.165) is 18.5 Å². The lowest BCUT2D eigenvalue weighted by Gasteiger charge is -2.15. The molecule has 0 aliphatic heterocycles. The van der Waals surface area contributed by atoms with Gasteiger partial charge in [0.05, 0.1) is 30.1 Å². The summed E-state index contributed by atoms with van der Waals surface area (Å²) in [5.74, 6) is 0. The van der Waals surface area contributed by atoms with E-state index < -0.39 is 0 Å². The van der Waals surface area contributed by atoms with Gasteiger partial charge < -0.3 is 10.5 Å². The first-order valence-corrected chi connectivity index (χ1v) is 7.54. The largest absolute Gasteiger partial charge is 0.383 e. The van der Waals surface area contributed by atoms with E-state index in [9.17, 15) is 0 Å². The molecule has 0 saturated carbocycles. The minimum atomic E-state index is -0.0338. The Hall–Kier alpha value is -0.580. The summed E-state index contributed by atoms with van der Waals surface area (Å²) in [5, 5.41) is 4.92. The highest BCUT2D eigenvalue weighted by Crippen LogP contribution is 2.25. The van der Waals surface area contributed by atoms with Gasteiger partial charge in [-0.3, -0.25) is 4.68 Å². The molecule has 0 aliphatic carbocycles. The highest BCUT2D eigenvalue weighted by atomic mass is 35.5. The molecule has 1 heterocycles. The van der Waals surface area contributed by atoms with Crippen molar-refractivity contribution in [3.8, 4) is 0 Å². The zero-order valence-electron chi connectivity index (χ0n) is 12.1. The van der Waals surface area contributed by atoms with Crippen LogP contribution in [0.2, 0.25) is 5.02 Å². The van der Waals surface area contributed by atoms with Gasteiger partial charge in [0.2, 0.25) is 0 Å². The van der Waals surface area contributed by atoms with Crippen molar-refractivity contribution in [2.45, 2.75) is 58.0 Å². The first-order valence-electron chi connectivity index (χ1n) is 7.16. The molecule has 1 unspecified atom stereocenters. The lowest BCUT2D eigenvalue weighted by Crippen LogP contribution is -2.18. The van der Waals surface area contributed by atoms with E-state index in [1.807, 2.05) is 4.68 Å². The van der Waals surface area contributed by atoms with Crippen molar-refractivity contribution in [3.05, 3.63) is 16.9 Å². The Kier molecular flexibility index (Phi) is 8.10. The molecule has 1 atom stereocenters. The van der Waals surface area contributed by atoms with E-state index >= 15 is 0 Å². The Morgan fingerprint density at radius 3 is 2.79 bits per heavy atom. The maximum absolute atomic E-state index is 6.24. The Balaban J connectivity index is 2.46. The first kappa shape index (κ1) is 16.5. The van der Waals surface area contributed by atoms with Crippen LogP contribution in [0.15, 0.2) is 6.20 Å². The maximum Gasteiger partial charge on any atom is 0.0834 e. The predicted molar refractivity (Wildman–Crippen MR) is 79.4 cm³/mol. The summed E-state index contributed by atoms with van der Waals surface area (Å²) >= 11 is 6.18. The summed E-state index contributed by atoms with van der Waals surface area (Å²) in [6, 6.07) is -0.0338.